The smallest absolute Gasteiger partial charge is 0.150 e. The second kappa shape index (κ2) is 6.39. The maximum atomic E-state index is 12.3. The van der Waals surface area contributed by atoms with Gasteiger partial charge in [0.05, 0.1) is 5.75 Å². The van der Waals surface area contributed by atoms with E-state index in [1.165, 1.54) is 0 Å². The third-order valence-corrected chi connectivity index (χ3v) is 5.42. The third kappa shape index (κ3) is 4.34. The number of rotatable bonds is 7. The van der Waals surface area contributed by atoms with Gasteiger partial charge in [0.1, 0.15) is 15.6 Å². The first kappa shape index (κ1) is 16.7. The molecular formula is C15H23NO3S. The lowest BCUT2D eigenvalue weighted by molar-refractivity contribution is -0.123. The molecule has 0 spiro atoms. The predicted molar refractivity (Wildman–Crippen MR) is 82.4 cm³/mol. The summed E-state index contributed by atoms with van der Waals surface area (Å²) in [6.45, 7) is 5.33. The van der Waals surface area contributed by atoms with Gasteiger partial charge in [-0.3, -0.25) is 4.79 Å². The van der Waals surface area contributed by atoms with Gasteiger partial charge in [0.25, 0.3) is 0 Å². The Bertz CT molecular complexity index is 559. The molecule has 0 aliphatic rings. The van der Waals surface area contributed by atoms with Crippen LogP contribution in [-0.2, 0) is 20.0 Å². The standard InChI is InChI=1S/C15H23NO3S/c1-4-20(18,19)11-5-6-14(17)15(2,3)12-7-9-13(16)10-8-12/h7-10H,4-6,11,16H2,1-3H3. The number of carbonyl (C=O) groups excluding carboxylic acids is 1. The Morgan fingerprint density at radius 2 is 1.75 bits per heavy atom. The Labute approximate surface area is 121 Å². The van der Waals surface area contributed by atoms with Crippen molar-refractivity contribution in [2.75, 3.05) is 17.2 Å². The average molecular weight is 297 g/mol. The lowest BCUT2D eigenvalue weighted by Gasteiger charge is -2.24. The summed E-state index contributed by atoms with van der Waals surface area (Å²) in [6, 6.07) is 7.23. The van der Waals surface area contributed by atoms with Gasteiger partial charge in [0.2, 0.25) is 0 Å². The van der Waals surface area contributed by atoms with E-state index in [2.05, 4.69) is 0 Å². The topological polar surface area (TPSA) is 77.2 Å². The fraction of sp³-hybridized carbons (Fsp3) is 0.533. The van der Waals surface area contributed by atoms with Crippen LogP contribution in [0.5, 0.6) is 0 Å². The molecule has 0 atom stereocenters. The molecule has 1 aromatic rings. The Hall–Kier alpha value is -1.36. The number of anilines is 1. The maximum Gasteiger partial charge on any atom is 0.150 e. The summed E-state index contributed by atoms with van der Waals surface area (Å²) in [5.41, 5.74) is 6.57. The van der Waals surface area contributed by atoms with Gasteiger partial charge in [0, 0.05) is 23.3 Å². The molecule has 112 valence electrons. The zero-order valence-electron chi connectivity index (χ0n) is 12.3. The van der Waals surface area contributed by atoms with E-state index in [1.807, 2.05) is 26.0 Å². The summed E-state index contributed by atoms with van der Waals surface area (Å²) < 4.78 is 22.8. The molecule has 0 radical (unpaired) electrons. The second-order valence-corrected chi connectivity index (χ2v) is 7.98. The van der Waals surface area contributed by atoms with E-state index in [4.69, 9.17) is 5.73 Å². The van der Waals surface area contributed by atoms with Crippen LogP contribution in [0.2, 0.25) is 0 Å². The fourth-order valence-electron chi connectivity index (χ4n) is 1.97. The second-order valence-electron chi connectivity index (χ2n) is 5.51. The van der Waals surface area contributed by atoms with Crippen molar-refractivity contribution in [2.45, 2.75) is 39.0 Å². The van der Waals surface area contributed by atoms with Crippen LogP contribution in [0, 0.1) is 0 Å². The summed E-state index contributed by atoms with van der Waals surface area (Å²) in [5, 5.41) is 0. The van der Waals surface area contributed by atoms with Crippen molar-refractivity contribution in [3.05, 3.63) is 29.8 Å². The van der Waals surface area contributed by atoms with E-state index in [-0.39, 0.29) is 23.7 Å². The minimum absolute atomic E-state index is 0.0496. The first-order valence-corrected chi connectivity index (χ1v) is 8.61. The molecule has 0 saturated carbocycles. The summed E-state index contributed by atoms with van der Waals surface area (Å²) in [6.07, 6.45) is 0.657. The number of carbonyl (C=O) groups is 1. The summed E-state index contributed by atoms with van der Waals surface area (Å²) >= 11 is 0. The molecule has 0 amide bonds. The third-order valence-electron chi connectivity index (χ3n) is 3.63. The molecule has 0 saturated heterocycles. The van der Waals surface area contributed by atoms with E-state index < -0.39 is 15.3 Å². The van der Waals surface area contributed by atoms with Crippen LogP contribution >= 0.6 is 0 Å². The van der Waals surface area contributed by atoms with Crippen molar-refractivity contribution in [2.24, 2.45) is 0 Å². The van der Waals surface area contributed by atoms with Crippen LogP contribution < -0.4 is 5.73 Å². The van der Waals surface area contributed by atoms with Crippen molar-refractivity contribution < 1.29 is 13.2 Å². The number of ketones is 1. The molecule has 0 fully saturated rings. The highest BCUT2D eigenvalue weighted by atomic mass is 32.2. The van der Waals surface area contributed by atoms with Gasteiger partial charge >= 0.3 is 0 Å². The summed E-state index contributed by atoms with van der Waals surface area (Å²) in [4.78, 5) is 12.3. The van der Waals surface area contributed by atoms with Crippen LogP contribution in [0.25, 0.3) is 0 Å². The molecule has 0 heterocycles. The Balaban J connectivity index is 2.68. The molecule has 4 nitrogen and oxygen atoms in total. The minimum atomic E-state index is -3.00. The van der Waals surface area contributed by atoms with Crippen LogP contribution in [0.3, 0.4) is 0 Å². The highest BCUT2D eigenvalue weighted by Gasteiger charge is 2.29. The van der Waals surface area contributed by atoms with Gasteiger partial charge in [0.15, 0.2) is 0 Å². The number of Topliss-reactive ketones (excluding diaryl/α,β-unsaturated/α-hetero) is 1. The molecule has 0 unspecified atom stereocenters. The minimum Gasteiger partial charge on any atom is -0.399 e. The molecular weight excluding hydrogens is 274 g/mol. The normalized spacial score (nSPS) is 12.3. The number of hydrogen-bond acceptors (Lipinski definition) is 4. The van der Waals surface area contributed by atoms with Crippen molar-refractivity contribution >= 4 is 21.3 Å². The lowest BCUT2D eigenvalue weighted by Crippen LogP contribution is -2.29. The number of nitrogen functional groups attached to an aromatic ring is 1. The lowest BCUT2D eigenvalue weighted by atomic mass is 9.79. The molecule has 0 aliphatic heterocycles. The molecule has 0 aliphatic carbocycles. The van der Waals surface area contributed by atoms with E-state index in [9.17, 15) is 13.2 Å². The molecule has 1 aromatic carbocycles. The van der Waals surface area contributed by atoms with Gasteiger partial charge in [-0.15, -0.1) is 0 Å². The van der Waals surface area contributed by atoms with Gasteiger partial charge < -0.3 is 5.73 Å². The van der Waals surface area contributed by atoms with Crippen LogP contribution in [0.4, 0.5) is 5.69 Å². The van der Waals surface area contributed by atoms with E-state index in [0.29, 0.717) is 12.1 Å². The van der Waals surface area contributed by atoms with E-state index in [0.717, 1.165) is 5.56 Å². The molecule has 0 bridgehead atoms. The van der Waals surface area contributed by atoms with Crippen LogP contribution in [0.1, 0.15) is 39.2 Å². The largest absolute Gasteiger partial charge is 0.399 e. The Morgan fingerprint density at radius 1 is 1.20 bits per heavy atom. The van der Waals surface area contributed by atoms with Crippen molar-refractivity contribution in [1.82, 2.24) is 0 Å². The average Bonchev–Trinajstić information content (AvgIpc) is 2.39. The quantitative estimate of drug-likeness (QED) is 0.784. The predicted octanol–water partition coefficient (Wildman–Crippen LogP) is 2.33. The van der Waals surface area contributed by atoms with Gasteiger partial charge in [-0.05, 0) is 38.0 Å². The summed E-state index contributed by atoms with van der Waals surface area (Å²) in [7, 11) is -3.00. The molecule has 0 aromatic heterocycles. The van der Waals surface area contributed by atoms with Gasteiger partial charge in [-0.2, -0.15) is 0 Å². The van der Waals surface area contributed by atoms with Crippen molar-refractivity contribution in [3.63, 3.8) is 0 Å². The molecule has 2 N–H and O–H groups in total. The zero-order chi connectivity index (χ0) is 15.4. The number of sulfone groups is 1. The highest BCUT2D eigenvalue weighted by molar-refractivity contribution is 7.91. The van der Waals surface area contributed by atoms with Gasteiger partial charge in [-0.1, -0.05) is 19.1 Å². The maximum absolute atomic E-state index is 12.3. The first-order valence-electron chi connectivity index (χ1n) is 6.79. The number of benzene rings is 1. The monoisotopic (exact) mass is 297 g/mol. The van der Waals surface area contributed by atoms with Crippen LogP contribution in [-0.4, -0.2) is 25.7 Å². The fourth-order valence-corrected chi connectivity index (χ4v) is 2.84. The number of hydrogen-bond donors (Lipinski definition) is 1. The van der Waals surface area contributed by atoms with Gasteiger partial charge in [-0.25, -0.2) is 8.42 Å². The summed E-state index contributed by atoms with van der Waals surface area (Å²) in [5.74, 6) is 0.254. The Kier molecular flexibility index (Phi) is 5.34. The number of nitrogens with two attached hydrogens (primary N) is 1. The molecule has 1 rings (SSSR count). The van der Waals surface area contributed by atoms with Crippen molar-refractivity contribution in [1.29, 1.82) is 0 Å². The highest BCUT2D eigenvalue weighted by Crippen LogP contribution is 2.26. The zero-order valence-corrected chi connectivity index (χ0v) is 13.2. The van der Waals surface area contributed by atoms with Crippen LogP contribution in [0.15, 0.2) is 24.3 Å². The molecule has 5 heteroatoms. The van der Waals surface area contributed by atoms with E-state index in [1.54, 1.807) is 19.1 Å². The van der Waals surface area contributed by atoms with Crippen molar-refractivity contribution in [3.8, 4) is 0 Å². The molecule has 20 heavy (non-hydrogen) atoms. The van der Waals surface area contributed by atoms with E-state index >= 15 is 0 Å². The SMILES string of the molecule is CCS(=O)(=O)CCCC(=O)C(C)(C)c1ccc(N)cc1. The Morgan fingerprint density at radius 3 is 2.25 bits per heavy atom. The first-order chi connectivity index (χ1) is 9.19.